The van der Waals surface area contributed by atoms with Crippen molar-refractivity contribution in [2.24, 2.45) is 0 Å². The fourth-order valence-corrected chi connectivity index (χ4v) is 3.74. The SMILES string of the molecule is CCCc1cc(=O)n2nc(NCC(c3ccc(Cl)cc3)N(C)C)sc2n1. The second-order valence-corrected chi connectivity index (χ2v) is 7.74. The van der Waals surface area contributed by atoms with E-state index in [0.717, 1.165) is 29.1 Å². The molecule has 0 aliphatic carbocycles. The lowest BCUT2D eigenvalue weighted by Crippen LogP contribution is -2.27. The highest BCUT2D eigenvalue weighted by Gasteiger charge is 2.15. The van der Waals surface area contributed by atoms with Crippen LogP contribution >= 0.6 is 22.9 Å². The molecule has 0 aliphatic heterocycles. The van der Waals surface area contributed by atoms with E-state index in [1.54, 1.807) is 6.07 Å². The highest BCUT2D eigenvalue weighted by atomic mass is 35.5. The van der Waals surface area contributed by atoms with Crippen LogP contribution in [0.25, 0.3) is 4.96 Å². The third-order valence-corrected chi connectivity index (χ3v) is 5.25. The van der Waals surface area contributed by atoms with Crippen LogP contribution in [0.5, 0.6) is 0 Å². The van der Waals surface area contributed by atoms with Crippen LogP contribution in [0.4, 0.5) is 5.13 Å². The lowest BCUT2D eigenvalue weighted by molar-refractivity contribution is 0.312. The largest absolute Gasteiger partial charge is 0.358 e. The molecule has 0 amide bonds. The smallest absolute Gasteiger partial charge is 0.275 e. The van der Waals surface area contributed by atoms with Crippen LogP contribution in [0.3, 0.4) is 0 Å². The maximum absolute atomic E-state index is 12.2. The summed E-state index contributed by atoms with van der Waals surface area (Å²) in [6, 6.07) is 9.55. The zero-order valence-corrected chi connectivity index (χ0v) is 16.6. The number of fused-ring (bicyclic) bond motifs is 1. The molecule has 1 aromatic carbocycles. The fourth-order valence-electron chi connectivity index (χ4n) is 2.78. The first kappa shape index (κ1) is 18.8. The van der Waals surface area contributed by atoms with Crippen molar-refractivity contribution in [3.05, 3.63) is 57.0 Å². The van der Waals surface area contributed by atoms with Crippen LogP contribution in [0, 0.1) is 0 Å². The van der Waals surface area contributed by atoms with Crippen molar-refractivity contribution in [1.29, 1.82) is 0 Å². The molecule has 0 bridgehead atoms. The molecule has 0 fully saturated rings. The Morgan fingerprint density at radius 1 is 1.31 bits per heavy atom. The number of aryl methyl sites for hydroxylation is 1. The average Bonchev–Trinajstić information content (AvgIpc) is 3.00. The number of hydrogen-bond acceptors (Lipinski definition) is 6. The molecule has 3 rings (SSSR count). The van der Waals surface area contributed by atoms with Crippen LogP contribution in [-0.2, 0) is 6.42 Å². The molecular formula is C18H22ClN5OS. The standard InChI is InChI=1S/C18H22ClN5OS/c1-4-5-14-10-16(25)24-18(21-14)26-17(22-24)20-11-15(23(2)3)12-6-8-13(19)9-7-12/h6-10,15H,4-5,11H2,1-3H3,(H,20,22). The molecule has 2 aromatic heterocycles. The molecule has 8 heteroatoms. The highest BCUT2D eigenvalue weighted by molar-refractivity contribution is 7.20. The Labute approximate surface area is 161 Å². The maximum Gasteiger partial charge on any atom is 0.275 e. The Hall–Kier alpha value is -1.96. The van der Waals surface area contributed by atoms with Gasteiger partial charge in [-0.3, -0.25) is 4.79 Å². The van der Waals surface area contributed by atoms with E-state index < -0.39 is 0 Å². The Balaban J connectivity index is 1.80. The van der Waals surface area contributed by atoms with Crippen molar-refractivity contribution in [2.75, 3.05) is 26.0 Å². The molecule has 1 unspecified atom stereocenters. The summed E-state index contributed by atoms with van der Waals surface area (Å²) in [4.78, 5) is 19.5. The van der Waals surface area contributed by atoms with Crippen LogP contribution in [0.2, 0.25) is 5.02 Å². The fraction of sp³-hybridized carbons (Fsp3) is 0.389. The van der Waals surface area contributed by atoms with E-state index in [1.165, 1.54) is 15.9 Å². The molecule has 138 valence electrons. The van der Waals surface area contributed by atoms with Gasteiger partial charge < -0.3 is 10.2 Å². The van der Waals surface area contributed by atoms with Gasteiger partial charge in [0.25, 0.3) is 5.56 Å². The first-order valence-electron chi connectivity index (χ1n) is 8.53. The monoisotopic (exact) mass is 391 g/mol. The summed E-state index contributed by atoms with van der Waals surface area (Å²) in [6.07, 6.45) is 1.75. The number of aromatic nitrogens is 3. The van der Waals surface area contributed by atoms with Gasteiger partial charge in [-0.15, -0.1) is 5.10 Å². The van der Waals surface area contributed by atoms with Gasteiger partial charge in [0, 0.05) is 23.3 Å². The van der Waals surface area contributed by atoms with Crippen molar-refractivity contribution in [3.63, 3.8) is 0 Å². The number of halogens is 1. The van der Waals surface area contributed by atoms with E-state index in [4.69, 9.17) is 11.6 Å². The van der Waals surface area contributed by atoms with E-state index in [0.29, 0.717) is 16.6 Å². The number of nitrogens with one attached hydrogen (secondary N) is 1. The Morgan fingerprint density at radius 2 is 2.04 bits per heavy atom. The summed E-state index contributed by atoms with van der Waals surface area (Å²) >= 11 is 7.38. The minimum absolute atomic E-state index is 0.135. The topological polar surface area (TPSA) is 62.5 Å². The number of likely N-dealkylation sites (N-methyl/N-ethyl adjacent to an activating group) is 1. The van der Waals surface area contributed by atoms with E-state index in [9.17, 15) is 4.79 Å². The van der Waals surface area contributed by atoms with E-state index in [-0.39, 0.29) is 11.6 Å². The first-order valence-corrected chi connectivity index (χ1v) is 9.73. The Morgan fingerprint density at radius 3 is 2.69 bits per heavy atom. The van der Waals surface area contributed by atoms with Crippen LogP contribution < -0.4 is 10.9 Å². The quantitative estimate of drug-likeness (QED) is 0.668. The van der Waals surface area contributed by atoms with Gasteiger partial charge >= 0.3 is 0 Å². The highest BCUT2D eigenvalue weighted by Crippen LogP contribution is 2.23. The normalized spacial score (nSPS) is 12.7. The molecular weight excluding hydrogens is 370 g/mol. The molecule has 2 heterocycles. The number of hydrogen-bond donors (Lipinski definition) is 1. The molecule has 0 aliphatic rings. The minimum atomic E-state index is -0.135. The first-order chi connectivity index (χ1) is 12.5. The third-order valence-electron chi connectivity index (χ3n) is 4.13. The summed E-state index contributed by atoms with van der Waals surface area (Å²) in [5.41, 5.74) is 1.85. The molecule has 3 aromatic rings. The summed E-state index contributed by atoms with van der Waals surface area (Å²) in [7, 11) is 4.06. The van der Waals surface area contributed by atoms with Crippen molar-refractivity contribution in [3.8, 4) is 0 Å². The summed E-state index contributed by atoms with van der Waals surface area (Å²) < 4.78 is 1.36. The van der Waals surface area contributed by atoms with Crippen molar-refractivity contribution >= 4 is 33.0 Å². The van der Waals surface area contributed by atoms with Gasteiger partial charge in [-0.2, -0.15) is 4.52 Å². The van der Waals surface area contributed by atoms with Crippen LogP contribution in [0.1, 0.15) is 30.6 Å². The van der Waals surface area contributed by atoms with Crippen molar-refractivity contribution in [1.82, 2.24) is 19.5 Å². The van der Waals surface area contributed by atoms with E-state index >= 15 is 0 Å². The number of nitrogens with zero attached hydrogens (tertiary/aromatic N) is 4. The second-order valence-electron chi connectivity index (χ2n) is 6.35. The van der Waals surface area contributed by atoms with Crippen LogP contribution in [-0.4, -0.2) is 40.1 Å². The summed E-state index contributed by atoms with van der Waals surface area (Å²) in [5, 5.41) is 9.11. The van der Waals surface area contributed by atoms with E-state index in [1.807, 2.05) is 38.4 Å². The Bertz CT molecular complexity index is 935. The molecule has 0 spiro atoms. The molecule has 1 atom stereocenters. The van der Waals surface area contributed by atoms with Gasteiger partial charge in [0.2, 0.25) is 10.1 Å². The predicted octanol–water partition coefficient (Wildman–Crippen LogP) is 3.47. The molecule has 1 N–H and O–H groups in total. The molecule has 0 saturated carbocycles. The van der Waals surface area contributed by atoms with Crippen molar-refractivity contribution in [2.45, 2.75) is 25.8 Å². The Kier molecular flexibility index (Phi) is 5.90. The molecule has 0 saturated heterocycles. The zero-order chi connectivity index (χ0) is 18.7. The van der Waals surface area contributed by atoms with E-state index in [2.05, 4.69) is 27.2 Å². The molecule has 0 radical (unpaired) electrons. The third kappa shape index (κ3) is 4.23. The molecule has 6 nitrogen and oxygen atoms in total. The van der Waals surface area contributed by atoms with Crippen molar-refractivity contribution < 1.29 is 0 Å². The zero-order valence-electron chi connectivity index (χ0n) is 15.1. The van der Waals surface area contributed by atoms with Crippen LogP contribution in [0.15, 0.2) is 35.1 Å². The lowest BCUT2D eigenvalue weighted by atomic mass is 10.1. The summed E-state index contributed by atoms with van der Waals surface area (Å²) in [6.45, 7) is 2.73. The number of anilines is 1. The predicted molar refractivity (Wildman–Crippen MR) is 107 cm³/mol. The minimum Gasteiger partial charge on any atom is -0.358 e. The second kappa shape index (κ2) is 8.16. The van der Waals surface area contributed by atoms with Gasteiger partial charge in [-0.25, -0.2) is 4.98 Å². The van der Waals surface area contributed by atoms with Gasteiger partial charge in [-0.1, -0.05) is 48.4 Å². The molecule has 26 heavy (non-hydrogen) atoms. The van der Waals surface area contributed by atoms with Gasteiger partial charge in [0.1, 0.15) is 0 Å². The summed E-state index contributed by atoms with van der Waals surface area (Å²) in [5.74, 6) is 0. The average molecular weight is 392 g/mol. The lowest BCUT2D eigenvalue weighted by Gasteiger charge is -2.25. The number of benzene rings is 1. The number of rotatable bonds is 7. The van der Waals surface area contributed by atoms with Gasteiger partial charge in [0.15, 0.2) is 0 Å². The maximum atomic E-state index is 12.2. The van der Waals surface area contributed by atoms with Gasteiger partial charge in [0.05, 0.1) is 6.04 Å². The van der Waals surface area contributed by atoms with Gasteiger partial charge in [-0.05, 0) is 38.2 Å².